The smallest absolute Gasteiger partial charge is 0.431 e. The third-order valence-corrected chi connectivity index (χ3v) is 5.46. The molecule has 3 rings (SSSR count). The summed E-state index contributed by atoms with van der Waals surface area (Å²) in [6.07, 6.45) is -6.59. The van der Waals surface area contributed by atoms with Crippen LogP contribution in [0.1, 0.15) is 5.69 Å². The Balaban J connectivity index is 2.04. The third kappa shape index (κ3) is 6.03. The largest absolute Gasteiger partial charge is 0.452 e. The number of carbonyl (C=O) groups is 1. The Morgan fingerprint density at radius 2 is 1.79 bits per heavy atom. The van der Waals surface area contributed by atoms with Crippen LogP contribution in [0.25, 0.3) is 5.69 Å². The first-order chi connectivity index (χ1) is 17.9. The van der Waals surface area contributed by atoms with Gasteiger partial charge in [-0.05, 0) is 34.1 Å². The topological polar surface area (TPSA) is 122 Å². The first-order valence-electron chi connectivity index (χ1n) is 10.3. The number of ether oxygens (including phenoxy) is 4. The molecule has 200 valence electrons. The molecule has 0 N–H and O–H groups in total. The number of methoxy groups -OCH3 is 1. The highest BCUT2D eigenvalue weighted by molar-refractivity contribution is 9.10. The molecule has 1 atom stereocenters. The van der Waals surface area contributed by atoms with Crippen LogP contribution in [0.4, 0.5) is 17.6 Å². The van der Waals surface area contributed by atoms with Gasteiger partial charge < -0.3 is 18.9 Å². The summed E-state index contributed by atoms with van der Waals surface area (Å²) >= 11 is 3.09. The van der Waals surface area contributed by atoms with Gasteiger partial charge in [-0.1, -0.05) is 12.1 Å². The van der Waals surface area contributed by atoms with Gasteiger partial charge in [0.1, 0.15) is 23.3 Å². The fourth-order valence-corrected chi connectivity index (χ4v) is 3.51. The summed E-state index contributed by atoms with van der Waals surface area (Å²) in [6.45, 7) is -0.547. The van der Waals surface area contributed by atoms with Crippen molar-refractivity contribution in [3.8, 4) is 29.0 Å². The molecule has 0 aliphatic carbocycles. The Hall–Kier alpha value is -4.16. The number of benzene rings is 2. The minimum Gasteiger partial charge on any atom is -0.452 e. The lowest BCUT2D eigenvalue weighted by atomic mass is 10.2. The number of halogens is 5. The average Bonchev–Trinajstić information content (AvgIpc) is 2.86. The first-order valence-corrected chi connectivity index (χ1v) is 11.1. The average molecular weight is 602 g/mol. The molecule has 0 aliphatic rings. The van der Waals surface area contributed by atoms with Crippen LogP contribution in [-0.2, 0) is 27.5 Å². The van der Waals surface area contributed by atoms with E-state index >= 15 is 0 Å². The molecule has 15 heteroatoms. The van der Waals surface area contributed by atoms with Crippen LogP contribution in [0.5, 0.6) is 17.2 Å². The van der Waals surface area contributed by atoms with E-state index in [0.717, 1.165) is 26.3 Å². The number of nitriles is 1. The third-order valence-electron chi connectivity index (χ3n) is 4.84. The highest BCUT2D eigenvalue weighted by Gasteiger charge is 2.35. The number of para-hydroxylation sites is 2. The van der Waals surface area contributed by atoms with Crippen molar-refractivity contribution in [1.82, 2.24) is 9.13 Å². The van der Waals surface area contributed by atoms with E-state index in [0.29, 0.717) is 0 Å². The Labute approximate surface area is 219 Å². The fourth-order valence-electron chi connectivity index (χ4n) is 3.12. The quantitative estimate of drug-likeness (QED) is 0.218. The second-order valence-electron chi connectivity index (χ2n) is 7.28. The first kappa shape index (κ1) is 28.4. The van der Waals surface area contributed by atoms with Gasteiger partial charge in [0, 0.05) is 26.3 Å². The zero-order chi connectivity index (χ0) is 28.2. The van der Waals surface area contributed by atoms with Gasteiger partial charge in [0.2, 0.25) is 0 Å². The minimum atomic E-state index is -5.00. The summed E-state index contributed by atoms with van der Waals surface area (Å²) < 4.78 is 75.6. The van der Waals surface area contributed by atoms with E-state index in [4.69, 9.17) is 19.5 Å². The molecule has 38 heavy (non-hydrogen) atoms. The SMILES string of the molecule is CO[C@H](Oc1ccccc1Oc1cc(-n2c(=O)cc(C(F)(F)F)n(C)c2=O)c(F)cc1Br)C(=O)OCC#N. The van der Waals surface area contributed by atoms with Crippen molar-refractivity contribution in [2.24, 2.45) is 7.05 Å². The molecule has 0 saturated heterocycles. The van der Waals surface area contributed by atoms with Crippen LogP contribution in [0.3, 0.4) is 0 Å². The molecule has 0 radical (unpaired) electrons. The molecule has 10 nitrogen and oxygen atoms in total. The maximum atomic E-state index is 14.8. The zero-order valence-electron chi connectivity index (χ0n) is 19.4. The lowest BCUT2D eigenvalue weighted by molar-refractivity contribution is -0.172. The van der Waals surface area contributed by atoms with Crippen LogP contribution in [-0.4, -0.2) is 35.1 Å². The molecule has 0 saturated carbocycles. The van der Waals surface area contributed by atoms with Gasteiger partial charge in [-0.25, -0.2) is 18.5 Å². The molecule has 0 aliphatic heterocycles. The minimum absolute atomic E-state index is 0.00191. The highest BCUT2D eigenvalue weighted by Crippen LogP contribution is 2.37. The zero-order valence-corrected chi connectivity index (χ0v) is 21.0. The van der Waals surface area contributed by atoms with E-state index in [2.05, 4.69) is 20.7 Å². The number of aromatic nitrogens is 2. The molecule has 0 bridgehead atoms. The van der Waals surface area contributed by atoms with Crippen LogP contribution in [0, 0.1) is 17.1 Å². The van der Waals surface area contributed by atoms with E-state index in [-0.39, 0.29) is 36.9 Å². The van der Waals surface area contributed by atoms with Gasteiger partial charge in [0.25, 0.3) is 11.8 Å². The summed E-state index contributed by atoms with van der Waals surface area (Å²) in [6, 6.07) is 9.36. The number of hydrogen-bond donors (Lipinski definition) is 0. The molecule has 1 heterocycles. The van der Waals surface area contributed by atoms with Crippen LogP contribution >= 0.6 is 15.9 Å². The van der Waals surface area contributed by atoms with E-state index in [1.807, 2.05) is 0 Å². The summed E-state index contributed by atoms with van der Waals surface area (Å²) in [5.74, 6) is -2.41. The predicted octanol–water partition coefficient (Wildman–Crippen LogP) is 3.67. The molecule has 0 fully saturated rings. The monoisotopic (exact) mass is 601 g/mol. The van der Waals surface area contributed by atoms with Gasteiger partial charge in [0.05, 0.1) is 10.2 Å². The normalized spacial score (nSPS) is 11.9. The number of nitrogens with zero attached hydrogens (tertiary/aromatic N) is 3. The number of carbonyl (C=O) groups excluding carboxylic acids is 1. The van der Waals surface area contributed by atoms with Crippen molar-refractivity contribution in [3.05, 3.63) is 79.3 Å². The lowest BCUT2D eigenvalue weighted by Crippen LogP contribution is -2.41. The van der Waals surface area contributed by atoms with Crippen LogP contribution in [0.15, 0.2) is 56.5 Å². The summed E-state index contributed by atoms with van der Waals surface area (Å²) in [4.78, 5) is 37.1. The number of esters is 1. The van der Waals surface area contributed by atoms with Crippen molar-refractivity contribution < 1.29 is 41.3 Å². The maximum Gasteiger partial charge on any atom is 0.431 e. The van der Waals surface area contributed by atoms with Crippen molar-refractivity contribution in [2.75, 3.05) is 13.7 Å². The molecule has 0 unspecified atom stereocenters. The Kier molecular flexibility index (Phi) is 8.59. The van der Waals surface area contributed by atoms with E-state index in [1.54, 1.807) is 6.07 Å². The molecule has 3 aromatic rings. The second kappa shape index (κ2) is 11.5. The predicted molar refractivity (Wildman–Crippen MR) is 124 cm³/mol. The summed E-state index contributed by atoms with van der Waals surface area (Å²) in [5, 5.41) is 8.56. The van der Waals surface area contributed by atoms with Crippen molar-refractivity contribution in [2.45, 2.75) is 12.5 Å². The standard InChI is InChI=1S/C23H16BrF4N3O7/c1-30-18(23(26,27)28)11-19(32)31(22(30)34)14-10-17(12(24)9-13(14)25)37-15-5-3-4-6-16(15)38-21(35-2)20(33)36-8-7-29/h3-6,9-11,21H,8H2,1-2H3/t21-/m1/s1. The van der Waals surface area contributed by atoms with Crippen LogP contribution in [0.2, 0.25) is 0 Å². The van der Waals surface area contributed by atoms with Gasteiger partial charge in [-0.3, -0.25) is 9.36 Å². The summed E-state index contributed by atoms with van der Waals surface area (Å²) in [7, 11) is 1.93. The van der Waals surface area contributed by atoms with E-state index < -0.39 is 53.5 Å². The Bertz CT molecular complexity index is 1530. The molecule has 1 aromatic heterocycles. The van der Waals surface area contributed by atoms with Crippen molar-refractivity contribution in [1.29, 1.82) is 5.26 Å². The molecule has 0 amide bonds. The van der Waals surface area contributed by atoms with E-state index in [9.17, 15) is 31.9 Å². The Morgan fingerprint density at radius 1 is 1.13 bits per heavy atom. The van der Waals surface area contributed by atoms with Gasteiger partial charge >= 0.3 is 17.8 Å². The number of hydrogen-bond acceptors (Lipinski definition) is 8. The molecular weight excluding hydrogens is 586 g/mol. The fraction of sp³-hybridized carbons (Fsp3) is 0.217. The summed E-state index contributed by atoms with van der Waals surface area (Å²) in [5.41, 5.74) is -5.06. The Morgan fingerprint density at radius 3 is 2.39 bits per heavy atom. The lowest BCUT2D eigenvalue weighted by Gasteiger charge is -2.19. The highest BCUT2D eigenvalue weighted by atomic mass is 79.9. The molecule has 0 spiro atoms. The maximum absolute atomic E-state index is 14.8. The van der Waals surface area contributed by atoms with Gasteiger partial charge in [-0.2, -0.15) is 18.4 Å². The van der Waals surface area contributed by atoms with Crippen molar-refractivity contribution in [3.63, 3.8) is 0 Å². The molecular formula is C23H16BrF4N3O7. The van der Waals surface area contributed by atoms with Gasteiger partial charge in [0.15, 0.2) is 18.1 Å². The molecule has 2 aromatic carbocycles. The van der Waals surface area contributed by atoms with Crippen LogP contribution < -0.4 is 20.7 Å². The number of rotatable bonds is 8. The van der Waals surface area contributed by atoms with Gasteiger partial charge in [-0.15, -0.1) is 0 Å². The second-order valence-corrected chi connectivity index (χ2v) is 8.13. The van der Waals surface area contributed by atoms with Crippen molar-refractivity contribution >= 4 is 21.9 Å². The van der Waals surface area contributed by atoms with E-state index in [1.165, 1.54) is 24.3 Å². The number of alkyl halides is 3.